The molecule has 5 heteroatoms. The fraction of sp³-hybridized carbons (Fsp3) is 0.222. The molecule has 0 radical (unpaired) electrons. The van der Waals surface area contributed by atoms with Gasteiger partial charge in [0, 0.05) is 17.8 Å². The Morgan fingerprint density at radius 2 is 1.96 bits per heavy atom. The number of aryl methyl sites for hydroxylation is 1. The first-order valence-corrected chi connectivity index (χ1v) is 7.49. The van der Waals surface area contributed by atoms with Crippen molar-refractivity contribution in [3.05, 3.63) is 53.6 Å². The Morgan fingerprint density at radius 1 is 1.17 bits per heavy atom. The maximum atomic E-state index is 12.1. The number of carbonyl (C=O) groups is 2. The monoisotopic (exact) mass is 310 g/mol. The van der Waals surface area contributed by atoms with E-state index in [0.717, 1.165) is 28.3 Å². The van der Waals surface area contributed by atoms with E-state index in [1.165, 1.54) is 0 Å². The first-order valence-electron chi connectivity index (χ1n) is 7.49. The van der Waals surface area contributed by atoms with E-state index in [1.807, 2.05) is 36.4 Å². The molecule has 0 saturated heterocycles. The molecule has 0 saturated carbocycles. The molecule has 0 bridgehead atoms. The zero-order chi connectivity index (χ0) is 16.2. The Kier molecular flexibility index (Phi) is 4.28. The lowest BCUT2D eigenvalue weighted by Crippen LogP contribution is -2.19. The van der Waals surface area contributed by atoms with Gasteiger partial charge in [0.1, 0.15) is 5.75 Å². The van der Waals surface area contributed by atoms with Gasteiger partial charge < -0.3 is 15.4 Å². The van der Waals surface area contributed by atoms with Gasteiger partial charge in [-0.15, -0.1) is 0 Å². The van der Waals surface area contributed by atoms with Crippen LogP contribution in [0.2, 0.25) is 0 Å². The van der Waals surface area contributed by atoms with E-state index in [9.17, 15) is 9.59 Å². The molecule has 23 heavy (non-hydrogen) atoms. The largest absolute Gasteiger partial charge is 0.497 e. The van der Waals surface area contributed by atoms with Crippen LogP contribution in [0.1, 0.15) is 17.5 Å². The number of hydrogen-bond acceptors (Lipinski definition) is 3. The van der Waals surface area contributed by atoms with Crippen LogP contribution < -0.4 is 15.4 Å². The van der Waals surface area contributed by atoms with Gasteiger partial charge in [0.25, 0.3) is 0 Å². The second-order valence-corrected chi connectivity index (χ2v) is 5.49. The number of nitrogens with one attached hydrogen (secondary N) is 2. The summed E-state index contributed by atoms with van der Waals surface area (Å²) in [5.41, 5.74) is 3.55. The number of fused-ring (bicyclic) bond motifs is 1. The van der Waals surface area contributed by atoms with Crippen LogP contribution in [0.25, 0.3) is 0 Å². The number of hydrogen-bond donors (Lipinski definition) is 2. The van der Waals surface area contributed by atoms with Crippen molar-refractivity contribution in [3.63, 3.8) is 0 Å². The first kappa shape index (κ1) is 15.1. The lowest BCUT2D eigenvalue weighted by molar-refractivity contribution is -0.117. The molecule has 0 spiro atoms. The van der Waals surface area contributed by atoms with E-state index in [-0.39, 0.29) is 11.8 Å². The van der Waals surface area contributed by atoms with Gasteiger partial charge in [-0.1, -0.05) is 12.1 Å². The van der Waals surface area contributed by atoms with Crippen LogP contribution in [0.4, 0.5) is 11.4 Å². The highest BCUT2D eigenvalue weighted by Gasteiger charge is 2.15. The first-order chi connectivity index (χ1) is 11.1. The molecule has 2 amide bonds. The molecular weight excluding hydrogens is 292 g/mol. The van der Waals surface area contributed by atoms with Crippen molar-refractivity contribution >= 4 is 23.2 Å². The van der Waals surface area contributed by atoms with Crippen LogP contribution in [0.5, 0.6) is 5.75 Å². The minimum Gasteiger partial charge on any atom is -0.497 e. The van der Waals surface area contributed by atoms with Crippen LogP contribution in [0.15, 0.2) is 42.5 Å². The Balaban J connectivity index is 1.64. The van der Waals surface area contributed by atoms with E-state index in [2.05, 4.69) is 10.6 Å². The predicted molar refractivity (Wildman–Crippen MR) is 88.7 cm³/mol. The summed E-state index contributed by atoms with van der Waals surface area (Å²) in [5.74, 6) is 0.731. The summed E-state index contributed by atoms with van der Waals surface area (Å²) in [4.78, 5) is 23.5. The summed E-state index contributed by atoms with van der Waals surface area (Å²) in [6.45, 7) is 0. The molecule has 2 aromatic rings. The number of methoxy groups -OCH3 is 1. The lowest BCUT2D eigenvalue weighted by Gasteiger charge is -2.17. The lowest BCUT2D eigenvalue weighted by atomic mass is 10.0. The predicted octanol–water partition coefficient (Wildman–Crippen LogP) is 2.76. The molecule has 1 heterocycles. The molecular formula is C18H18N2O3. The smallest absolute Gasteiger partial charge is 0.228 e. The molecule has 2 N–H and O–H groups in total. The molecule has 2 aromatic carbocycles. The highest BCUT2D eigenvalue weighted by Crippen LogP contribution is 2.25. The number of rotatable bonds is 4. The molecule has 0 aliphatic carbocycles. The Morgan fingerprint density at radius 3 is 2.70 bits per heavy atom. The quantitative estimate of drug-likeness (QED) is 0.912. The van der Waals surface area contributed by atoms with Crippen LogP contribution in [-0.2, 0) is 22.4 Å². The van der Waals surface area contributed by atoms with E-state index in [4.69, 9.17) is 4.74 Å². The number of benzene rings is 2. The molecule has 0 fully saturated rings. The van der Waals surface area contributed by atoms with E-state index >= 15 is 0 Å². The SMILES string of the molecule is COc1ccc(CC(=O)Nc2ccc3c(c2)CCC(=O)N3)cc1. The second kappa shape index (κ2) is 6.52. The highest BCUT2D eigenvalue weighted by atomic mass is 16.5. The Bertz CT molecular complexity index is 738. The summed E-state index contributed by atoms with van der Waals surface area (Å²) in [5, 5.41) is 5.72. The fourth-order valence-corrected chi connectivity index (χ4v) is 2.60. The van der Waals surface area contributed by atoms with Crippen molar-refractivity contribution in [2.75, 3.05) is 17.7 Å². The maximum Gasteiger partial charge on any atom is 0.228 e. The molecule has 1 aliphatic heterocycles. The van der Waals surface area contributed by atoms with Gasteiger partial charge in [-0.3, -0.25) is 9.59 Å². The van der Waals surface area contributed by atoms with Crippen LogP contribution in [0, 0.1) is 0 Å². The van der Waals surface area contributed by atoms with Gasteiger partial charge in [-0.25, -0.2) is 0 Å². The minimum atomic E-state index is -0.0741. The third kappa shape index (κ3) is 3.69. The Hall–Kier alpha value is -2.82. The fourth-order valence-electron chi connectivity index (χ4n) is 2.60. The topological polar surface area (TPSA) is 67.4 Å². The molecule has 0 atom stereocenters. The highest BCUT2D eigenvalue weighted by molar-refractivity contribution is 5.96. The average molecular weight is 310 g/mol. The summed E-state index contributed by atoms with van der Waals surface area (Å²) < 4.78 is 5.10. The molecule has 3 rings (SSSR count). The van der Waals surface area contributed by atoms with Crippen molar-refractivity contribution < 1.29 is 14.3 Å². The van der Waals surface area contributed by atoms with Crippen LogP contribution >= 0.6 is 0 Å². The zero-order valence-electron chi connectivity index (χ0n) is 12.9. The van der Waals surface area contributed by atoms with E-state index < -0.39 is 0 Å². The number of ether oxygens (including phenoxy) is 1. The van der Waals surface area contributed by atoms with Gasteiger partial charge in [0.05, 0.1) is 13.5 Å². The van der Waals surface area contributed by atoms with Crippen LogP contribution in [-0.4, -0.2) is 18.9 Å². The molecule has 118 valence electrons. The zero-order valence-corrected chi connectivity index (χ0v) is 12.9. The van der Waals surface area contributed by atoms with Crippen molar-refractivity contribution in [3.8, 4) is 5.75 Å². The van der Waals surface area contributed by atoms with Crippen molar-refractivity contribution in [2.24, 2.45) is 0 Å². The van der Waals surface area contributed by atoms with Gasteiger partial charge in [0.15, 0.2) is 0 Å². The molecule has 5 nitrogen and oxygen atoms in total. The summed E-state index contributed by atoms with van der Waals surface area (Å²) >= 11 is 0. The van der Waals surface area contributed by atoms with Crippen LogP contribution in [0.3, 0.4) is 0 Å². The van der Waals surface area contributed by atoms with Crippen molar-refractivity contribution in [2.45, 2.75) is 19.3 Å². The van der Waals surface area contributed by atoms with Gasteiger partial charge in [0.2, 0.25) is 11.8 Å². The molecule has 0 aromatic heterocycles. The van der Waals surface area contributed by atoms with Gasteiger partial charge in [-0.2, -0.15) is 0 Å². The van der Waals surface area contributed by atoms with Gasteiger partial charge in [-0.05, 0) is 47.9 Å². The minimum absolute atomic E-state index is 0.0359. The van der Waals surface area contributed by atoms with E-state index in [0.29, 0.717) is 19.3 Å². The number of carbonyl (C=O) groups excluding carboxylic acids is 2. The standard InChI is InChI=1S/C18H18N2O3/c1-23-15-6-2-12(3-7-15)10-18(22)19-14-5-8-16-13(11-14)4-9-17(21)20-16/h2-3,5-8,11H,4,9-10H2,1H3,(H,19,22)(H,20,21). The third-order valence-electron chi connectivity index (χ3n) is 3.81. The average Bonchev–Trinajstić information content (AvgIpc) is 2.55. The van der Waals surface area contributed by atoms with Crippen molar-refractivity contribution in [1.29, 1.82) is 0 Å². The maximum absolute atomic E-state index is 12.1. The Labute approximate surface area is 134 Å². The van der Waals surface area contributed by atoms with E-state index in [1.54, 1.807) is 13.2 Å². The number of amides is 2. The van der Waals surface area contributed by atoms with Gasteiger partial charge >= 0.3 is 0 Å². The summed E-state index contributed by atoms with van der Waals surface area (Å²) in [7, 11) is 1.61. The second-order valence-electron chi connectivity index (χ2n) is 5.49. The molecule has 1 aliphatic rings. The molecule has 0 unspecified atom stereocenters. The summed E-state index contributed by atoms with van der Waals surface area (Å²) in [6.07, 6.45) is 1.48. The third-order valence-corrected chi connectivity index (χ3v) is 3.81. The summed E-state index contributed by atoms with van der Waals surface area (Å²) in [6, 6.07) is 13.0. The number of anilines is 2. The van der Waals surface area contributed by atoms with Crippen molar-refractivity contribution in [1.82, 2.24) is 0 Å². The normalized spacial score (nSPS) is 13.0.